The first-order chi connectivity index (χ1) is 8.42. The Morgan fingerprint density at radius 3 is 2.39 bits per heavy atom. The van der Waals surface area contributed by atoms with Crippen molar-refractivity contribution in [3.05, 3.63) is 35.4 Å². The molecule has 0 aliphatic rings. The maximum absolute atomic E-state index is 11.8. The van der Waals surface area contributed by atoms with Crippen LogP contribution in [0.5, 0.6) is 0 Å². The lowest BCUT2D eigenvalue weighted by Gasteiger charge is -2.07. The number of halogens is 3. The van der Waals surface area contributed by atoms with E-state index in [1.807, 2.05) is 5.43 Å². The van der Waals surface area contributed by atoms with Crippen molar-refractivity contribution in [2.45, 2.75) is 19.2 Å². The number of hydrogen-bond donors (Lipinski definition) is 2. The highest BCUT2D eigenvalue weighted by Crippen LogP contribution is 2.19. The summed E-state index contributed by atoms with van der Waals surface area (Å²) in [6, 6.07) is 6.23. The molecule has 1 rings (SSSR count). The number of rotatable bonds is 5. The van der Waals surface area contributed by atoms with E-state index in [1.54, 1.807) is 12.1 Å². The van der Waals surface area contributed by atoms with Gasteiger partial charge in [-0.1, -0.05) is 12.1 Å². The number of hydrazine groups is 1. The Bertz CT molecular complexity index is 390. The molecule has 7 heteroatoms. The Hall–Kier alpha value is -1.60. The van der Waals surface area contributed by atoms with E-state index >= 15 is 0 Å². The molecule has 0 heterocycles. The van der Waals surface area contributed by atoms with Crippen LogP contribution in [0.2, 0.25) is 0 Å². The lowest BCUT2D eigenvalue weighted by Crippen LogP contribution is -2.29. The molecule has 0 unspecified atom stereocenters. The Morgan fingerprint density at radius 2 is 1.89 bits per heavy atom. The molecule has 0 aromatic heterocycles. The third kappa shape index (κ3) is 5.15. The largest absolute Gasteiger partial charge is 0.391 e. The van der Waals surface area contributed by atoms with Gasteiger partial charge in [-0.25, -0.2) is 5.84 Å². The van der Waals surface area contributed by atoms with Gasteiger partial charge in [0, 0.05) is 5.56 Å². The van der Waals surface area contributed by atoms with Gasteiger partial charge in [0.15, 0.2) is 0 Å². The van der Waals surface area contributed by atoms with E-state index in [4.69, 9.17) is 10.6 Å². The van der Waals surface area contributed by atoms with Crippen LogP contribution in [0.3, 0.4) is 0 Å². The number of alkyl halides is 3. The monoisotopic (exact) mass is 262 g/mol. The summed E-state index contributed by atoms with van der Waals surface area (Å²) in [7, 11) is 0. The predicted octanol–water partition coefficient (Wildman–Crippen LogP) is 1.76. The van der Waals surface area contributed by atoms with Crippen LogP contribution in [0.4, 0.5) is 13.2 Å². The second-order valence-corrected chi connectivity index (χ2v) is 3.59. The first-order valence-corrected chi connectivity index (χ1v) is 5.17. The zero-order chi connectivity index (χ0) is 13.6. The second-order valence-electron chi connectivity index (χ2n) is 3.59. The van der Waals surface area contributed by atoms with Crippen LogP contribution in [0.25, 0.3) is 0 Å². The molecular weight excluding hydrogens is 249 g/mol. The van der Waals surface area contributed by atoms with Crippen LogP contribution in [0, 0.1) is 0 Å². The van der Waals surface area contributed by atoms with Crippen molar-refractivity contribution < 1.29 is 22.7 Å². The van der Waals surface area contributed by atoms with Gasteiger partial charge in [-0.15, -0.1) is 0 Å². The number of benzene rings is 1. The number of hydrogen-bond acceptors (Lipinski definition) is 3. The first-order valence-electron chi connectivity index (χ1n) is 5.17. The van der Waals surface area contributed by atoms with Gasteiger partial charge in [0.25, 0.3) is 5.91 Å². The lowest BCUT2D eigenvalue weighted by molar-refractivity contribution is -0.146. The van der Waals surface area contributed by atoms with Crippen LogP contribution in [0.15, 0.2) is 24.3 Å². The summed E-state index contributed by atoms with van der Waals surface area (Å²) in [6.45, 7) is -0.310. The molecule has 3 N–H and O–H groups in total. The highest BCUT2D eigenvalue weighted by atomic mass is 19.4. The Kier molecular flexibility index (Phi) is 5.11. The van der Waals surface area contributed by atoms with Crippen LogP contribution in [0.1, 0.15) is 22.3 Å². The van der Waals surface area contributed by atoms with Gasteiger partial charge in [-0.2, -0.15) is 13.2 Å². The summed E-state index contributed by atoms with van der Waals surface area (Å²) in [6.07, 6.45) is -5.18. The summed E-state index contributed by atoms with van der Waals surface area (Å²) >= 11 is 0. The molecule has 1 aromatic rings. The standard InChI is InChI=1S/C11H13F3N2O2/c12-11(13,14)5-6-18-7-8-1-3-9(4-2-8)10(17)16-15/h1-4H,5-7,15H2,(H,16,17). The molecule has 0 aliphatic carbocycles. The van der Waals surface area contributed by atoms with E-state index in [0.717, 1.165) is 0 Å². The summed E-state index contributed by atoms with van der Waals surface area (Å²) in [4.78, 5) is 11.1. The lowest BCUT2D eigenvalue weighted by atomic mass is 10.1. The highest BCUT2D eigenvalue weighted by Gasteiger charge is 2.26. The highest BCUT2D eigenvalue weighted by molar-refractivity contribution is 5.93. The molecule has 1 amide bonds. The molecule has 1 aromatic carbocycles. The van der Waals surface area contributed by atoms with Gasteiger partial charge in [-0.3, -0.25) is 10.2 Å². The van der Waals surface area contributed by atoms with Crippen molar-refractivity contribution in [3.8, 4) is 0 Å². The zero-order valence-corrected chi connectivity index (χ0v) is 9.46. The first kappa shape index (κ1) is 14.5. The summed E-state index contributed by atoms with van der Waals surface area (Å²) in [5.74, 6) is 4.52. The summed E-state index contributed by atoms with van der Waals surface area (Å²) in [5, 5.41) is 0. The molecule has 18 heavy (non-hydrogen) atoms. The Labute approximate surface area is 102 Å². The van der Waals surface area contributed by atoms with Gasteiger partial charge < -0.3 is 4.74 Å². The minimum atomic E-state index is -4.21. The summed E-state index contributed by atoms with van der Waals surface area (Å²) in [5.41, 5.74) is 3.03. The number of carbonyl (C=O) groups is 1. The second kappa shape index (κ2) is 6.36. The van der Waals surface area contributed by atoms with E-state index in [-0.39, 0.29) is 13.2 Å². The molecular formula is C11H13F3N2O2. The van der Waals surface area contributed by atoms with E-state index in [9.17, 15) is 18.0 Å². The van der Waals surface area contributed by atoms with Crippen LogP contribution >= 0.6 is 0 Å². The zero-order valence-electron chi connectivity index (χ0n) is 9.46. The van der Waals surface area contributed by atoms with Crippen molar-refractivity contribution in [3.63, 3.8) is 0 Å². The average molecular weight is 262 g/mol. The van der Waals surface area contributed by atoms with Gasteiger partial charge >= 0.3 is 6.18 Å². The third-order valence-electron chi connectivity index (χ3n) is 2.15. The molecule has 0 saturated carbocycles. The molecule has 0 atom stereocenters. The van der Waals surface area contributed by atoms with Crippen molar-refractivity contribution in [2.24, 2.45) is 5.84 Å². The predicted molar refractivity (Wildman–Crippen MR) is 58.4 cm³/mol. The van der Waals surface area contributed by atoms with Gasteiger partial charge in [-0.05, 0) is 17.7 Å². The molecule has 0 saturated heterocycles. The molecule has 0 fully saturated rings. The fourth-order valence-electron chi connectivity index (χ4n) is 1.21. The summed E-state index contributed by atoms with van der Waals surface area (Å²) < 4.78 is 40.4. The van der Waals surface area contributed by atoms with Crippen LogP contribution < -0.4 is 11.3 Å². The average Bonchev–Trinajstić information content (AvgIpc) is 2.33. The van der Waals surface area contributed by atoms with E-state index in [1.165, 1.54) is 12.1 Å². The fourth-order valence-corrected chi connectivity index (χ4v) is 1.21. The molecule has 4 nitrogen and oxygen atoms in total. The Morgan fingerprint density at radius 1 is 1.28 bits per heavy atom. The Balaban J connectivity index is 2.38. The minimum absolute atomic E-state index is 0.0700. The minimum Gasteiger partial charge on any atom is -0.376 e. The normalized spacial score (nSPS) is 11.3. The van der Waals surface area contributed by atoms with Crippen molar-refractivity contribution in [2.75, 3.05) is 6.61 Å². The molecule has 0 radical (unpaired) electrons. The maximum atomic E-state index is 11.8. The molecule has 0 aliphatic heterocycles. The van der Waals surface area contributed by atoms with E-state index in [2.05, 4.69) is 0 Å². The molecule has 100 valence electrons. The molecule has 0 spiro atoms. The SMILES string of the molecule is NNC(=O)c1ccc(COCCC(F)(F)F)cc1. The van der Waals surface area contributed by atoms with Crippen molar-refractivity contribution in [1.29, 1.82) is 0 Å². The molecule has 0 bridgehead atoms. The smallest absolute Gasteiger partial charge is 0.376 e. The topological polar surface area (TPSA) is 64.3 Å². The maximum Gasteiger partial charge on any atom is 0.391 e. The van der Waals surface area contributed by atoms with Crippen molar-refractivity contribution in [1.82, 2.24) is 5.43 Å². The van der Waals surface area contributed by atoms with Gasteiger partial charge in [0.2, 0.25) is 0 Å². The van der Waals surface area contributed by atoms with Crippen molar-refractivity contribution >= 4 is 5.91 Å². The number of nitrogens with one attached hydrogen (secondary N) is 1. The third-order valence-corrected chi connectivity index (χ3v) is 2.15. The number of carbonyl (C=O) groups excluding carboxylic acids is 1. The van der Waals surface area contributed by atoms with Gasteiger partial charge in [0.1, 0.15) is 0 Å². The van der Waals surface area contributed by atoms with Gasteiger partial charge in [0.05, 0.1) is 19.6 Å². The number of nitrogens with two attached hydrogens (primary N) is 1. The van der Waals surface area contributed by atoms with Crippen LogP contribution in [-0.2, 0) is 11.3 Å². The number of amides is 1. The van der Waals surface area contributed by atoms with E-state index in [0.29, 0.717) is 11.1 Å². The fraction of sp³-hybridized carbons (Fsp3) is 0.364. The quantitative estimate of drug-likeness (QED) is 0.368. The number of nitrogen functional groups attached to an aromatic ring is 1. The number of ether oxygens (including phenoxy) is 1. The van der Waals surface area contributed by atoms with E-state index < -0.39 is 18.5 Å². The van der Waals surface area contributed by atoms with Crippen LogP contribution in [-0.4, -0.2) is 18.7 Å².